The van der Waals surface area contributed by atoms with Gasteiger partial charge in [0.1, 0.15) is 0 Å². The summed E-state index contributed by atoms with van der Waals surface area (Å²) in [5.74, 6) is 0.108. The van der Waals surface area contributed by atoms with Gasteiger partial charge in [-0.25, -0.2) is 0 Å². The second-order valence-corrected chi connectivity index (χ2v) is 7.84. The molecular weight excluding hydrogens is 296 g/mol. The molecule has 0 heterocycles. The second-order valence-electron chi connectivity index (χ2n) is 6.12. The molecule has 0 N–H and O–H groups in total. The molecule has 0 unspecified atom stereocenters. The highest BCUT2D eigenvalue weighted by Crippen LogP contribution is 2.13. The van der Waals surface area contributed by atoms with Gasteiger partial charge in [-0.05, 0) is 6.42 Å². The van der Waals surface area contributed by atoms with E-state index < -0.39 is 10.1 Å². The third kappa shape index (κ3) is 15.9. The van der Waals surface area contributed by atoms with Crippen LogP contribution in [0.3, 0.4) is 0 Å². The second kappa shape index (κ2) is 15.4. The Labute approximate surface area is 138 Å². The Morgan fingerprint density at radius 3 is 1.45 bits per heavy atom. The average molecular weight is 333 g/mol. The van der Waals surface area contributed by atoms with Gasteiger partial charge < -0.3 is 4.18 Å². The Bertz CT molecular complexity index is 336. The predicted octanol–water partition coefficient (Wildman–Crippen LogP) is 5.96. The molecule has 22 heavy (non-hydrogen) atoms. The van der Waals surface area contributed by atoms with Gasteiger partial charge in [0.2, 0.25) is 0 Å². The van der Waals surface area contributed by atoms with E-state index in [2.05, 4.69) is 17.7 Å². The molecule has 0 aromatic carbocycles. The number of rotatable bonds is 17. The van der Waals surface area contributed by atoms with E-state index in [4.69, 9.17) is 0 Å². The summed E-state index contributed by atoms with van der Waals surface area (Å²) >= 11 is 0. The largest absolute Gasteiger partial charge is 0.391 e. The van der Waals surface area contributed by atoms with Crippen molar-refractivity contribution in [3.05, 3.63) is 12.8 Å². The van der Waals surface area contributed by atoms with Crippen molar-refractivity contribution in [2.75, 3.05) is 5.75 Å². The molecule has 0 aromatic rings. The molecular formula is C18H36O3S. The van der Waals surface area contributed by atoms with Crippen molar-refractivity contribution in [2.24, 2.45) is 0 Å². The van der Waals surface area contributed by atoms with Crippen LogP contribution in [0.1, 0.15) is 96.8 Å². The summed E-state index contributed by atoms with van der Waals surface area (Å²) in [6.45, 7) is 5.52. The van der Waals surface area contributed by atoms with Crippen molar-refractivity contribution in [3.63, 3.8) is 0 Å². The fourth-order valence-corrected chi connectivity index (χ4v) is 3.49. The maximum Gasteiger partial charge on any atom is 0.308 e. The zero-order chi connectivity index (χ0) is 16.5. The summed E-state index contributed by atoms with van der Waals surface area (Å²) in [6, 6.07) is 0. The van der Waals surface area contributed by atoms with Crippen LogP contribution in [0.25, 0.3) is 0 Å². The van der Waals surface area contributed by atoms with Crippen molar-refractivity contribution >= 4 is 10.1 Å². The first-order valence-corrected chi connectivity index (χ1v) is 10.7. The molecule has 0 spiro atoms. The van der Waals surface area contributed by atoms with Crippen molar-refractivity contribution in [1.82, 2.24) is 0 Å². The van der Waals surface area contributed by atoms with Gasteiger partial charge in [-0.3, -0.25) is 0 Å². The highest BCUT2D eigenvalue weighted by atomic mass is 32.2. The van der Waals surface area contributed by atoms with Crippen molar-refractivity contribution in [1.29, 1.82) is 0 Å². The van der Waals surface area contributed by atoms with Gasteiger partial charge in [0.15, 0.2) is 0 Å². The van der Waals surface area contributed by atoms with Crippen LogP contribution in [0.15, 0.2) is 12.8 Å². The van der Waals surface area contributed by atoms with Crippen molar-refractivity contribution in [3.8, 4) is 0 Å². The van der Waals surface area contributed by atoms with E-state index in [1.807, 2.05) is 0 Å². The summed E-state index contributed by atoms with van der Waals surface area (Å²) < 4.78 is 27.0. The van der Waals surface area contributed by atoms with Gasteiger partial charge in [-0.2, -0.15) is 8.42 Å². The van der Waals surface area contributed by atoms with E-state index in [-0.39, 0.29) is 5.75 Å². The Kier molecular flexibility index (Phi) is 15.0. The normalized spacial score (nSPS) is 11.5. The van der Waals surface area contributed by atoms with Crippen LogP contribution in [0.5, 0.6) is 0 Å². The van der Waals surface area contributed by atoms with Crippen LogP contribution in [-0.4, -0.2) is 14.2 Å². The topological polar surface area (TPSA) is 43.4 Å². The van der Waals surface area contributed by atoms with Crippen LogP contribution in [0.2, 0.25) is 0 Å². The van der Waals surface area contributed by atoms with Gasteiger partial charge in [0, 0.05) is 0 Å². The molecule has 0 saturated carbocycles. The molecule has 0 bridgehead atoms. The quantitative estimate of drug-likeness (QED) is 0.187. The molecule has 0 rings (SSSR count). The maximum absolute atomic E-state index is 11.3. The molecule has 132 valence electrons. The minimum absolute atomic E-state index is 0.108. The number of unbranched alkanes of at least 4 members (excludes halogenated alkanes) is 13. The predicted molar refractivity (Wildman–Crippen MR) is 95.4 cm³/mol. The molecule has 3 nitrogen and oxygen atoms in total. The Morgan fingerprint density at radius 1 is 0.727 bits per heavy atom. The third-order valence-electron chi connectivity index (χ3n) is 3.96. The third-order valence-corrected chi connectivity index (χ3v) is 5.18. The first kappa shape index (κ1) is 21.5. The molecule has 4 heteroatoms. The van der Waals surface area contributed by atoms with Gasteiger partial charge in [0.05, 0.1) is 12.0 Å². The minimum atomic E-state index is -3.37. The molecule has 0 aliphatic rings. The zero-order valence-electron chi connectivity index (χ0n) is 14.5. The molecule has 0 aliphatic heterocycles. The summed E-state index contributed by atoms with van der Waals surface area (Å²) in [7, 11) is -3.37. The Morgan fingerprint density at radius 2 is 1.09 bits per heavy atom. The lowest BCUT2D eigenvalue weighted by Gasteiger charge is -2.04. The monoisotopic (exact) mass is 332 g/mol. The molecule has 0 amide bonds. The molecule has 0 saturated heterocycles. The summed E-state index contributed by atoms with van der Waals surface area (Å²) in [6.07, 6.45) is 18.7. The summed E-state index contributed by atoms with van der Waals surface area (Å²) in [5.41, 5.74) is 0. The minimum Gasteiger partial charge on any atom is -0.391 e. The average Bonchev–Trinajstić information content (AvgIpc) is 2.47. The zero-order valence-corrected chi connectivity index (χ0v) is 15.3. The van der Waals surface area contributed by atoms with E-state index in [1.54, 1.807) is 0 Å². The molecule has 0 aliphatic carbocycles. The maximum atomic E-state index is 11.3. The lowest BCUT2D eigenvalue weighted by Crippen LogP contribution is -2.06. The fraction of sp³-hybridized carbons (Fsp3) is 0.889. The van der Waals surface area contributed by atoms with Crippen LogP contribution in [-0.2, 0) is 14.3 Å². The number of hydrogen-bond acceptors (Lipinski definition) is 3. The first-order chi connectivity index (χ1) is 10.6. The fourth-order valence-electron chi connectivity index (χ4n) is 2.63. The van der Waals surface area contributed by atoms with E-state index in [9.17, 15) is 8.42 Å². The lowest BCUT2D eigenvalue weighted by molar-refractivity contribution is 0.441. The summed E-state index contributed by atoms with van der Waals surface area (Å²) in [4.78, 5) is 0. The van der Waals surface area contributed by atoms with Crippen molar-refractivity contribution in [2.45, 2.75) is 96.8 Å². The Balaban J connectivity index is 3.16. The molecule has 0 atom stereocenters. The van der Waals surface area contributed by atoms with E-state index >= 15 is 0 Å². The van der Waals surface area contributed by atoms with Crippen LogP contribution < -0.4 is 0 Å². The van der Waals surface area contributed by atoms with Gasteiger partial charge in [-0.1, -0.05) is 97.0 Å². The van der Waals surface area contributed by atoms with Gasteiger partial charge in [0.25, 0.3) is 0 Å². The molecule has 0 aromatic heterocycles. The molecule has 0 fully saturated rings. The lowest BCUT2D eigenvalue weighted by atomic mass is 10.0. The Hall–Kier alpha value is -0.510. The highest BCUT2D eigenvalue weighted by molar-refractivity contribution is 7.86. The van der Waals surface area contributed by atoms with E-state index in [1.165, 1.54) is 70.6 Å². The first-order valence-electron chi connectivity index (χ1n) is 9.14. The SMILES string of the molecule is C=COS(=O)(=O)CCCCCCCCCCCCCCCC. The number of hydrogen-bond donors (Lipinski definition) is 0. The van der Waals surface area contributed by atoms with Gasteiger partial charge >= 0.3 is 10.1 Å². The van der Waals surface area contributed by atoms with Crippen molar-refractivity contribution < 1.29 is 12.6 Å². The van der Waals surface area contributed by atoms with Gasteiger partial charge in [-0.15, -0.1) is 0 Å². The van der Waals surface area contributed by atoms with E-state index in [0.717, 1.165) is 19.1 Å². The van der Waals surface area contributed by atoms with E-state index in [0.29, 0.717) is 6.42 Å². The smallest absolute Gasteiger partial charge is 0.308 e. The summed E-state index contributed by atoms with van der Waals surface area (Å²) in [5, 5.41) is 0. The van der Waals surface area contributed by atoms with Crippen LogP contribution >= 0.6 is 0 Å². The van der Waals surface area contributed by atoms with Crippen LogP contribution in [0.4, 0.5) is 0 Å². The highest BCUT2D eigenvalue weighted by Gasteiger charge is 2.08. The standard InChI is InChI=1S/C18H36O3S/c1-3-5-6-7-8-9-10-11-12-13-14-15-16-17-18-22(19,20)21-4-2/h4H,2-3,5-18H2,1H3. The van der Waals surface area contributed by atoms with Crippen LogP contribution in [0, 0.1) is 0 Å². The molecule has 0 radical (unpaired) electrons.